The molecule has 0 heterocycles. The van der Waals surface area contributed by atoms with Crippen molar-refractivity contribution in [2.75, 3.05) is 13.6 Å². The first-order valence-electron chi connectivity index (χ1n) is 7.11. The van der Waals surface area contributed by atoms with E-state index in [4.69, 9.17) is 0 Å². The molecule has 1 saturated carbocycles. The number of nitrogens with one attached hydrogen (secondary N) is 2. The van der Waals surface area contributed by atoms with E-state index in [-0.39, 0.29) is 11.5 Å². The van der Waals surface area contributed by atoms with Crippen molar-refractivity contribution in [1.82, 2.24) is 10.0 Å². The van der Waals surface area contributed by atoms with Gasteiger partial charge in [-0.1, -0.05) is 26.0 Å². The molecule has 5 heteroatoms. The molecule has 1 aliphatic carbocycles. The van der Waals surface area contributed by atoms with Crippen LogP contribution in [0.3, 0.4) is 0 Å². The summed E-state index contributed by atoms with van der Waals surface area (Å²) in [6.45, 7) is 5.12. The van der Waals surface area contributed by atoms with Crippen LogP contribution in [0.5, 0.6) is 0 Å². The number of benzene rings is 1. The van der Waals surface area contributed by atoms with Gasteiger partial charge in [-0.3, -0.25) is 0 Å². The molecule has 1 aromatic carbocycles. The fourth-order valence-electron chi connectivity index (χ4n) is 2.23. The van der Waals surface area contributed by atoms with E-state index in [1.165, 1.54) is 5.56 Å². The highest BCUT2D eigenvalue weighted by atomic mass is 32.2. The molecule has 1 fully saturated rings. The molecule has 0 spiro atoms. The zero-order valence-electron chi connectivity index (χ0n) is 12.4. The standard InChI is InChI=1S/C15H24N2O2S/c1-15(2)11-14(15)17-20(18,19)13-8-6-12(7-9-13)5-4-10-16-3/h6-9,14,16-17H,4-5,10-11H2,1-3H3. The molecule has 1 aliphatic rings. The lowest BCUT2D eigenvalue weighted by Crippen LogP contribution is -2.28. The van der Waals surface area contributed by atoms with E-state index in [1.54, 1.807) is 12.1 Å². The molecule has 20 heavy (non-hydrogen) atoms. The second-order valence-electron chi connectivity index (χ2n) is 6.22. The summed E-state index contributed by atoms with van der Waals surface area (Å²) in [5.41, 5.74) is 1.27. The summed E-state index contributed by atoms with van der Waals surface area (Å²) in [6, 6.07) is 7.28. The lowest BCUT2D eigenvalue weighted by Gasteiger charge is -2.09. The predicted molar refractivity (Wildman–Crippen MR) is 81.2 cm³/mol. The number of hydrogen-bond donors (Lipinski definition) is 2. The Morgan fingerprint density at radius 3 is 2.35 bits per heavy atom. The molecular formula is C15H24N2O2S. The molecule has 0 aliphatic heterocycles. The van der Waals surface area contributed by atoms with Gasteiger partial charge in [0, 0.05) is 6.04 Å². The van der Waals surface area contributed by atoms with Gasteiger partial charge in [0.05, 0.1) is 4.90 Å². The van der Waals surface area contributed by atoms with E-state index >= 15 is 0 Å². The smallest absolute Gasteiger partial charge is 0.240 e. The Morgan fingerprint density at radius 2 is 1.85 bits per heavy atom. The normalized spacial score (nSPS) is 20.9. The van der Waals surface area contributed by atoms with Crippen molar-refractivity contribution in [3.63, 3.8) is 0 Å². The van der Waals surface area contributed by atoms with Crippen molar-refractivity contribution in [1.29, 1.82) is 0 Å². The van der Waals surface area contributed by atoms with Crippen LogP contribution in [0.15, 0.2) is 29.2 Å². The molecule has 0 amide bonds. The first kappa shape index (κ1) is 15.5. The molecule has 0 radical (unpaired) electrons. The molecule has 4 nitrogen and oxygen atoms in total. The molecule has 0 aromatic heterocycles. The minimum Gasteiger partial charge on any atom is -0.320 e. The summed E-state index contributed by atoms with van der Waals surface area (Å²) in [7, 11) is -1.44. The summed E-state index contributed by atoms with van der Waals surface area (Å²) in [5, 5.41) is 3.10. The number of aryl methyl sites for hydroxylation is 1. The van der Waals surface area contributed by atoms with Crippen LogP contribution in [0.4, 0.5) is 0 Å². The number of hydrogen-bond acceptors (Lipinski definition) is 3. The molecule has 2 rings (SSSR count). The Balaban J connectivity index is 1.98. The van der Waals surface area contributed by atoms with Gasteiger partial charge < -0.3 is 5.32 Å². The van der Waals surface area contributed by atoms with Gasteiger partial charge in [0.15, 0.2) is 0 Å². The van der Waals surface area contributed by atoms with Gasteiger partial charge in [0.2, 0.25) is 10.0 Å². The minimum atomic E-state index is -3.37. The summed E-state index contributed by atoms with van der Waals surface area (Å²) >= 11 is 0. The Kier molecular flexibility index (Phi) is 4.52. The fourth-order valence-corrected chi connectivity index (χ4v) is 3.64. The largest absolute Gasteiger partial charge is 0.320 e. The van der Waals surface area contributed by atoms with Crippen LogP contribution in [0, 0.1) is 5.41 Å². The molecule has 1 atom stereocenters. The van der Waals surface area contributed by atoms with Crippen molar-refractivity contribution >= 4 is 10.0 Å². The van der Waals surface area contributed by atoms with Gasteiger partial charge in [-0.25, -0.2) is 13.1 Å². The third kappa shape index (κ3) is 3.81. The maximum absolute atomic E-state index is 12.2. The Bertz CT molecular complexity index is 550. The zero-order valence-corrected chi connectivity index (χ0v) is 13.3. The zero-order chi connectivity index (χ0) is 14.8. The molecule has 1 aromatic rings. The fraction of sp³-hybridized carbons (Fsp3) is 0.600. The van der Waals surface area contributed by atoms with Crippen molar-refractivity contribution in [3.8, 4) is 0 Å². The summed E-state index contributed by atoms with van der Waals surface area (Å²) in [4.78, 5) is 0.359. The first-order valence-corrected chi connectivity index (χ1v) is 8.59. The van der Waals surface area contributed by atoms with Crippen LogP contribution in [0.2, 0.25) is 0 Å². The predicted octanol–water partition coefficient (Wildman–Crippen LogP) is 1.92. The van der Waals surface area contributed by atoms with Gasteiger partial charge in [0.25, 0.3) is 0 Å². The third-order valence-corrected chi connectivity index (χ3v) is 5.42. The Hall–Kier alpha value is -0.910. The van der Waals surface area contributed by atoms with Crippen molar-refractivity contribution in [3.05, 3.63) is 29.8 Å². The molecular weight excluding hydrogens is 272 g/mol. The maximum Gasteiger partial charge on any atom is 0.240 e. The van der Waals surface area contributed by atoms with Crippen molar-refractivity contribution in [2.24, 2.45) is 5.41 Å². The van der Waals surface area contributed by atoms with Gasteiger partial charge in [-0.2, -0.15) is 0 Å². The van der Waals surface area contributed by atoms with Crippen LogP contribution in [-0.2, 0) is 16.4 Å². The van der Waals surface area contributed by atoms with Crippen LogP contribution in [0.1, 0.15) is 32.3 Å². The van der Waals surface area contributed by atoms with E-state index in [0.717, 1.165) is 25.8 Å². The van der Waals surface area contributed by atoms with E-state index in [1.807, 2.05) is 19.2 Å². The molecule has 1 unspecified atom stereocenters. The van der Waals surface area contributed by atoms with E-state index in [0.29, 0.717) is 4.90 Å². The van der Waals surface area contributed by atoms with Gasteiger partial charge in [-0.15, -0.1) is 0 Å². The number of sulfonamides is 1. The SMILES string of the molecule is CNCCCc1ccc(S(=O)(=O)NC2CC2(C)C)cc1. The van der Waals surface area contributed by atoms with Crippen molar-refractivity contribution < 1.29 is 8.42 Å². The topological polar surface area (TPSA) is 58.2 Å². The minimum absolute atomic E-state index is 0.0720. The van der Waals surface area contributed by atoms with Crippen LogP contribution in [-0.4, -0.2) is 28.1 Å². The average molecular weight is 296 g/mol. The Morgan fingerprint density at radius 1 is 1.25 bits per heavy atom. The second-order valence-corrected chi connectivity index (χ2v) is 7.93. The van der Waals surface area contributed by atoms with E-state index in [2.05, 4.69) is 23.9 Å². The van der Waals surface area contributed by atoms with Gasteiger partial charge in [-0.05, 0) is 56.0 Å². The van der Waals surface area contributed by atoms with Crippen LogP contribution >= 0.6 is 0 Å². The summed E-state index contributed by atoms with van der Waals surface area (Å²) < 4.78 is 27.2. The van der Waals surface area contributed by atoms with Crippen LogP contribution in [0.25, 0.3) is 0 Å². The maximum atomic E-state index is 12.2. The lowest BCUT2D eigenvalue weighted by atomic mass is 10.1. The summed E-state index contributed by atoms with van der Waals surface area (Å²) in [5.74, 6) is 0. The molecule has 112 valence electrons. The number of rotatable bonds is 7. The highest BCUT2D eigenvalue weighted by Crippen LogP contribution is 2.45. The third-order valence-electron chi connectivity index (χ3n) is 3.94. The van der Waals surface area contributed by atoms with E-state index < -0.39 is 10.0 Å². The molecule has 2 N–H and O–H groups in total. The molecule has 0 bridgehead atoms. The monoisotopic (exact) mass is 296 g/mol. The molecule has 0 saturated heterocycles. The van der Waals surface area contributed by atoms with Crippen molar-refractivity contribution in [2.45, 2.75) is 44.0 Å². The van der Waals surface area contributed by atoms with Gasteiger partial charge in [0.1, 0.15) is 0 Å². The van der Waals surface area contributed by atoms with Crippen LogP contribution < -0.4 is 10.0 Å². The second kappa shape index (κ2) is 5.84. The average Bonchev–Trinajstić information content (AvgIpc) is 2.96. The highest BCUT2D eigenvalue weighted by Gasteiger charge is 2.47. The first-order chi connectivity index (χ1) is 9.35. The summed E-state index contributed by atoms with van der Waals surface area (Å²) in [6.07, 6.45) is 2.93. The lowest BCUT2D eigenvalue weighted by molar-refractivity contribution is 0.555. The quantitative estimate of drug-likeness (QED) is 0.756. The van der Waals surface area contributed by atoms with Gasteiger partial charge >= 0.3 is 0 Å². The van der Waals surface area contributed by atoms with E-state index in [9.17, 15) is 8.42 Å². The highest BCUT2D eigenvalue weighted by molar-refractivity contribution is 7.89. The Labute approximate surface area is 122 Å².